The number of benzene rings is 2. The Morgan fingerprint density at radius 2 is 1.85 bits per heavy atom. The first-order chi connectivity index (χ1) is 12.6. The van der Waals surface area contributed by atoms with Crippen molar-refractivity contribution in [1.29, 1.82) is 0 Å². The molecule has 1 N–H and O–H groups in total. The summed E-state index contributed by atoms with van der Waals surface area (Å²) in [5, 5.41) is 2.62. The maximum absolute atomic E-state index is 12.9. The van der Waals surface area contributed by atoms with Crippen LogP contribution in [0, 0.1) is 11.7 Å². The van der Waals surface area contributed by atoms with Crippen LogP contribution in [0.1, 0.15) is 12.8 Å². The lowest BCUT2D eigenvalue weighted by molar-refractivity contribution is -0.144. The molecular formula is C20H21FN2O3. The molecule has 2 aromatic carbocycles. The van der Waals surface area contributed by atoms with Gasteiger partial charge < -0.3 is 15.0 Å². The number of amides is 2. The summed E-state index contributed by atoms with van der Waals surface area (Å²) in [5.74, 6) is -0.730. The molecule has 0 spiro atoms. The zero-order valence-electron chi connectivity index (χ0n) is 14.4. The number of likely N-dealkylation sites (tertiary alicyclic amines) is 1. The normalized spacial score (nSPS) is 16.8. The van der Waals surface area contributed by atoms with Crippen molar-refractivity contribution in [3.8, 4) is 5.75 Å². The van der Waals surface area contributed by atoms with E-state index >= 15 is 0 Å². The number of carbonyl (C=O) groups is 2. The second kappa shape index (κ2) is 8.47. The molecule has 0 unspecified atom stereocenters. The summed E-state index contributed by atoms with van der Waals surface area (Å²) in [6.45, 7) is 1.46. The van der Waals surface area contributed by atoms with Crippen LogP contribution in [0.4, 0.5) is 10.1 Å². The third kappa shape index (κ3) is 4.81. The number of anilines is 1. The minimum Gasteiger partial charge on any atom is -0.493 e. The smallest absolute Gasteiger partial charge is 0.313 e. The van der Waals surface area contributed by atoms with Crippen LogP contribution in [-0.2, 0) is 9.59 Å². The lowest BCUT2D eigenvalue weighted by Crippen LogP contribution is -2.46. The molecule has 1 fully saturated rings. The Kier molecular flexibility index (Phi) is 5.84. The Hall–Kier alpha value is -2.89. The maximum atomic E-state index is 12.9. The molecule has 136 valence electrons. The van der Waals surface area contributed by atoms with Crippen LogP contribution in [-0.4, -0.2) is 36.4 Å². The van der Waals surface area contributed by atoms with E-state index in [1.54, 1.807) is 41.3 Å². The molecule has 0 bridgehead atoms. The number of hydrogen-bond acceptors (Lipinski definition) is 3. The molecule has 0 aromatic heterocycles. The molecule has 1 heterocycles. The van der Waals surface area contributed by atoms with Crippen molar-refractivity contribution in [2.45, 2.75) is 12.8 Å². The Balaban J connectivity index is 1.51. The molecular weight excluding hydrogens is 335 g/mol. The van der Waals surface area contributed by atoms with Crippen molar-refractivity contribution >= 4 is 17.5 Å². The fourth-order valence-electron chi connectivity index (χ4n) is 2.98. The molecule has 1 aliphatic rings. The number of para-hydroxylation sites is 1. The van der Waals surface area contributed by atoms with Crippen molar-refractivity contribution in [3.05, 3.63) is 60.4 Å². The number of piperidine rings is 1. The topological polar surface area (TPSA) is 58.6 Å². The molecule has 0 saturated carbocycles. The number of hydrogen-bond donors (Lipinski definition) is 1. The van der Waals surface area contributed by atoms with Crippen LogP contribution in [0.25, 0.3) is 0 Å². The quantitative estimate of drug-likeness (QED) is 0.857. The highest BCUT2D eigenvalue weighted by Crippen LogP contribution is 2.19. The first kappa shape index (κ1) is 17.9. The summed E-state index contributed by atoms with van der Waals surface area (Å²) in [6, 6.07) is 14.8. The zero-order chi connectivity index (χ0) is 18.4. The van der Waals surface area contributed by atoms with Crippen molar-refractivity contribution in [1.82, 2.24) is 4.90 Å². The van der Waals surface area contributed by atoms with Gasteiger partial charge in [0, 0.05) is 24.7 Å². The number of nitrogens with one attached hydrogen (secondary N) is 1. The maximum Gasteiger partial charge on any atom is 0.313 e. The van der Waals surface area contributed by atoms with E-state index in [9.17, 15) is 14.0 Å². The van der Waals surface area contributed by atoms with Crippen molar-refractivity contribution in [3.63, 3.8) is 0 Å². The van der Waals surface area contributed by atoms with E-state index in [0.29, 0.717) is 31.1 Å². The first-order valence-corrected chi connectivity index (χ1v) is 8.65. The van der Waals surface area contributed by atoms with Gasteiger partial charge in [-0.15, -0.1) is 0 Å². The minimum atomic E-state index is -0.628. The summed E-state index contributed by atoms with van der Waals surface area (Å²) in [4.78, 5) is 26.1. The van der Waals surface area contributed by atoms with Crippen molar-refractivity contribution < 1.29 is 18.7 Å². The van der Waals surface area contributed by atoms with Gasteiger partial charge in [-0.05, 0) is 49.2 Å². The van der Waals surface area contributed by atoms with E-state index in [4.69, 9.17) is 4.74 Å². The van der Waals surface area contributed by atoms with Gasteiger partial charge in [0.05, 0.1) is 6.61 Å². The van der Waals surface area contributed by atoms with Crippen molar-refractivity contribution in [2.75, 3.05) is 25.0 Å². The predicted octanol–water partition coefficient (Wildman–Crippen LogP) is 3.08. The van der Waals surface area contributed by atoms with E-state index in [2.05, 4.69) is 5.32 Å². The molecule has 2 amide bonds. The summed E-state index contributed by atoms with van der Waals surface area (Å²) < 4.78 is 18.6. The van der Waals surface area contributed by atoms with Gasteiger partial charge in [-0.25, -0.2) is 4.39 Å². The molecule has 2 aromatic rings. The van der Waals surface area contributed by atoms with Gasteiger partial charge in [0.15, 0.2) is 0 Å². The van der Waals surface area contributed by atoms with E-state index in [1.165, 1.54) is 12.1 Å². The molecule has 1 saturated heterocycles. The van der Waals surface area contributed by atoms with Gasteiger partial charge in [-0.2, -0.15) is 0 Å². The Labute approximate surface area is 151 Å². The predicted molar refractivity (Wildman–Crippen MR) is 96.3 cm³/mol. The van der Waals surface area contributed by atoms with Crippen LogP contribution in [0.15, 0.2) is 54.6 Å². The zero-order valence-corrected chi connectivity index (χ0v) is 14.4. The summed E-state index contributed by atoms with van der Waals surface area (Å²) in [6.07, 6.45) is 1.74. The highest BCUT2D eigenvalue weighted by molar-refractivity contribution is 6.39. The third-order valence-corrected chi connectivity index (χ3v) is 4.33. The van der Waals surface area contributed by atoms with Crippen LogP contribution in [0.2, 0.25) is 0 Å². The van der Waals surface area contributed by atoms with E-state index in [1.807, 2.05) is 6.07 Å². The largest absolute Gasteiger partial charge is 0.493 e. The second-order valence-corrected chi connectivity index (χ2v) is 6.34. The highest BCUT2D eigenvalue weighted by atomic mass is 19.1. The summed E-state index contributed by atoms with van der Waals surface area (Å²) >= 11 is 0. The Morgan fingerprint density at radius 3 is 2.58 bits per heavy atom. The van der Waals surface area contributed by atoms with E-state index < -0.39 is 11.8 Å². The number of carbonyl (C=O) groups excluding carboxylic acids is 2. The second-order valence-electron chi connectivity index (χ2n) is 6.34. The van der Waals surface area contributed by atoms with E-state index in [-0.39, 0.29) is 11.7 Å². The fraction of sp³-hybridized carbons (Fsp3) is 0.300. The number of ether oxygens (including phenoxy) is 1. The highest BCUT2D eigenvalue weighted by Gasteiger charge is 2.28. The summed E-state index contributed by atoms with van der Waals surface area (Å²) in [7, 11) is 0. The average molecular weight is 356 g/mol. The lowest BCUT2D eigenvalue weighted by Gasteiger charge is -2.32. The monoisotopic (exact) mass is 356 g/mol. The van der Waals surface area contributed by atoms with E-state index in [0.717, 1.165) is 12.8 Å². The van der Waals surface area contributed by atoms with Crippen LogP contribution < -0.4 is 10.1 Å². The molecule has 0 aliphatic carbocycles. The van der Waals surface area contributed by atoms with Crippen molar-refractivity contribution in [2.24, 2.45) is 5.92 Å². The summed E-state index contributed by atoms with van der Waals surface area (Å²) in [5.41, 5.74) is 0.596. The van der Waals surface area contributed by atoms with Gasteiger partial charge in [0.25, 0.3) is 0 Å². The minimum absolute atomic E-state index is 0.141. The first-order valence-electron chi connectivity index (χ1n) is 8.65. The number of rotatable bonds is 4. The number of nitrogens with zero attached hydrogens (tertiary/aromatic N) is 1. The lowest BCUT2D eigenvalue weighted by atomic mass is 9.99. The Morgan fingerprint density at radius 1 is 1.12 bits per heavy atom. The third-order valence-electron chi connectivity index (χ3n) is 4.33. The SMILES string of the molecule is O=C(Nc1ccccc1)C(=O)N1CCC[C@@H](COc2ccc(F)cc2)C1. The molecule has 5 nitrogen and oxygen atoms in total. The molecule has 0 radical (unpaired) electrons. The molecule has 26 heavy (non-hydrogen) atoms. The van der Waals surface area contributed by atoms with Crippen LogP contribution in [0.3, 0.4) is 0 Å². The van der Waals surface area contributed by atoms with Crippen LogP contribution >= 0.6 is 0 Å². The molecule has 6 heteroatoms. The van der Waals surface area contributed by atoms with Gasteiger partial charge in [-0.3, -0.25) is 9.59 Å². The average Bonchev–Trinajstić information content (AvgIpc) is 2.68. The number of halogens is 1. The van der Waals surface area contributed by atoms with Crippen LogP contribution in [0.5, 0.6) is 5.75 Å². The fourth-order valence-corrected chi connectivity index (χ4v) is 2.98. The molecule has 1 aliphatic heterocycles. The Bertz CT molecular complexity index is 749. The van der Waals surface area contributed by atoms with Gasteiger partial charge in [0.1, 0.15) is 11.6 Å². The standard InChI is InChI=1S/C20H21FN2O3/c21-16-8-10-18(11-9-16)26-14-15-5-4-12-23(13-15)20(25)19(24)22-17-6-2-1-3-7-17/h1-3,6-11,15H,4-5,12-14H2,(H,22,24)/t15-/m1/s1. The molecule has 3 rings (SSSR count). The van der Waals surface area contributed by atoms with Gasteiger partial charge in [0.2, 0.25) is 0 Å². The van der Waals surface area contributed by atoms with Gasteiger partial charge >= 0.3 is 11.8 Å². The molecule has 1 atom stereocenters. The van der Waals surface area contributed by atoms with Gasteiger partial charge in [-0.1, -0.05) is 18.2 Å².